The number of ether oxygens (including phenoxy) is 4. The van der Waals surface area contributed by atoms with Gasteiger partial charge in [0.05, 0.1) is 28.4 Å². The molecule has 0 N–H and O–H groups in total. The van der Waals surface area contributed by atoms with E-state index in [9.17, 15) is 9.59 Å². The molecule has 0 saturated carbocycles. The lowest BCUT2D eigenvalue weighted by atomic mass is 10.2. The normalized spacial score (nSPS) is 10.2. The summed E-state index contributed by atoms with van der Waals surface area (Å²) in [6.07, 6.45) is 0. The SMILES string of the molecule is COc1ccc(C(=O)SSC(=O)c2ccc(OC)c(OC)c2)cc1OC. The highest BCUT2D eigenvalue weighted by Gasteiger charge is 2.16. The van der Waals surface area contributed by atoms with Gasteiger partial charge in [-0.2, -0.15) is 0 Å². The Morgan fingerprint density at radius 3 is 1.27 bits per heavy atom. The highest BCUT2D eigenvalue weighted by Crippen LogP contribution is 2.35. The summed E-state index contributed by atoms with van der Waals surface area (Å²) in [5.41, 5.74) is 0.834. The van der Waals surface area contributed by atoms with Gasteiger partial charge in [-0.3, -0.25) is 9.59 Å². The van der Waals surface area contributed by atoms with Crippen molar-refractivity contribution < 1.29 is 28.5 Å². The Labute approximate surface area is 159 Å². The molecular weight excluding hydrogens is 376 g/mol. The molecule has 0 atom stereocenters. The van der Waals surface area contributed by atoms with Gasteiger partial charge in [0.25, 0.3) is 0 Å². The van der Waals surface area contributed by atoms with Crippen molar-refractivity contribution in [2.24, 2.45) is 0 Å². The minimum absolute atomic E-state index is 0.259. The number of carbonyl (C=O) groups excluding carboxylic acids is 2. The lowest BCUT2D eigenvalue weighted by Gasteiger charge is -2.09. The Hall–Kier alpha value is -2.32. The maximum atomic E-state index is 12.3. The van der Waals surface area contributed by atoms with Gasteiger partial charge in [-0.05, 0) is 58.0 Å². The molecule has 26 heavy (non-hydrogen) atoms. The van der Waals surface area contributed by atoms with Gasteiger partial charge in [0.15, 0.2) is 23.0 Å². The van der Waals surface area contributed by atoms with E-state index in [1.54, 1.807) is 36.4 Å². The van der Waals surface area contributed by atoms with Crippen molar-refractivity contribution in [3.05, 3.63) is 47.5 Å². The Balaban J connectivity index is 2.06. The van der Waals surface area contributed by atoms with Crippen LogP contribution >= 0.6 is 21.6 Å². The van der Waals surface area contributed by atoms with Crippen molar-refractivity contribution in [1.82, 2.24) is 0 Å². The predicted molar refractivity (Wildman–Crippen MR) is 103 cm³/mol. The fraction of sp³-hybridized carbons (Fsp3) is 0.222. The van der Waals surface area contributed by atoms with Crippen LogP contribution in [0.25, 0.3) is 0 Å². The molecule has 0 bridgehead atoms. The van der Waals surface area contributed by atoms with E-state index in [2.05, 4.69) is 0 Å². The van der Waals surface area contributed by atoms with Crippen LogP contribution in [0.4, 0.5) is 0 Å². The second-order valence-electron chi connectivity index (χ2n) is 4.88. The van der Waals surface area contributed by atoms with Crippen molar-refractivity contribution in [2.45, 2.75) is 0 Å². The molecule has 0 spiro atoms. The van der Waals surface area contributed by atoms with Crippen molar-refractivity contribution in [3.63, 3.8) is 0 Å². The van der Waals surface area contributed by atoms with Crippen LogP contribution in [0.3, 0.4) is 0 Å². The van der Waals surface area contributed by atoms with Gasteiger partial charge in [-0.15, -0.1) is 0 Å². The first-order valence-corrected chi connectivity index (χ1v) is 9.56. The summed E-state index contributed by atoms with van der Waals surface area (Å²) in [7, 11) is 7.73. The highest BCUT2D eigenvalue weighted by molar-refractivity contribution is 8.87. The van der Waals surface area contributed by atoms with E-state index in [1.165, 1.54) is 28.4 Å². The summed E-state index contributed by atoms with van der Waals surface area (Å²) in [6, 6.07) is 9.70. The first-order chi connectivity index (χ1) is 12.5. The number of carbonyl (C=O) groups is 2. The molecule has 0 unspecified atom stereocenters. The van der Waals surface area contributed by atoms with Crippen LogP contribution in [0.5, 0.6) is 23.0 Å². The lowest BCUT2D eigenvalue weighted by Crippen LogP contribution is -1.98. The number of methoxy groups -OCH3 is 4. The molecule has 6 nitrogen and oxygen atoms in total. The third kappa shape index (κ3) is 4.64. The van der Waals surface area contributed by atoms with Gasteiger partial charge in [0.1, 0.15) is 0 Å². The summed E-state index contributed by atoms with van der Waals surface area (Å²) in [5.74, 6) is 1.97. The van der Waals surface area contributed by atoms with Crippen LogP contribution in [-0.2, 0) is 0 Å². The quantitative estimate of drug-likeness (QED) is 0.679. The predicted octanol–water partition coefficient (Wildman–Crippen LogP) is 4.08. The zero-order chi connectivity index (χ0) is 19.1. The van der Waals surface area contributed by atoms with Gasteiger partial charge in [0.2, 0.25) is 10.2 Å². The monoisotopic (exact) mass is 394 g/mol. The van der Waals surface area contributed by atoms with Crippen molar-refractivity contribution in [2.75, 3.05) is 28.4 Å². The molecule has 0 saturated heterocycles. The smallest absolute Gasteiger partial charge is 0.230 e. The number of rotatable bonds is 6. The van der Waals surface area contributed by atoms with E-state index in [4.69, 9.17) is 18.9 Å². The molecule has 0 aromatic heterocycles. The van der Waals surface area contributed by atoms with Gasteiger partial charge in [-0.25, -0.2) is 0 Å². The van der Waals surface area contributed by atoms with E-state index < -0.39 is 0 Å². The van der Waals surface area contributed by atoms with E-state index in [0.717, 1.165) is 21.6 Å². The third-order valence-electron chi connectivity index (χ3n) is 3.43. The molecule has 2 aromatic carbocycles. The number of benzene rings is 2. The second kappa shape index (κ2) is 9.40. The average Bonchev–Trinajstić information content (AvgIpc) is 2.70. The van der Waals surface area contributed by atoms with Crippen LogP contribution in [-0.4, -0.2) is 38.7 Å². The van der Waals surface area contributed by atoms with E-state index in [-0.39, 0.29) is 10.2 Å². The second-order valence-corrected chi connectivity index (χ2v) is 6.96. The first kappa shape index (κ1) is 20.0. The molecule has 2 aromatic rings. The molecule has 0 heterocycles. The first-order valence-electron chi connectivity index (χ1n) is 7.41. The molecule has 0 fully saturated rings. The van der Waals surface area contributed by atoms with Crippen molar-refractivity contribution >= 4 is 31.8 Å². The van der Waals surface area contributed by atoms with E-state index in [0.29, 0.717) is 34.1 Å². The maximum absolute atomic E-state index is 12.3. The van der Waals surface area contributed by atoms with Crippen LogP contribution in [0.15, 0.2) is 36.4 Å². The number of hydrogen-bond donors (Lipinski definition) is 0. The molecule has 0 aliphatic heterocycles. The van der Waals surface area contributed by atoms with Gasteiger partial charge in [0, 0.05) is 11.1 Å². The largest absolute Gasteiger partial charge is 0.493 e. The Morgan fingerprint density at radius 1 is 0.615 bits per heavy atom. The maximum Gasteiger partial charge on any atom is 0.230 e. The van der Waals surface area contributed by atoms with Crippen molar-refractivity contribution in [3.8, 4) is 23.0 Å². The summed E-state index contributed by atoms with van der Waals surface area (Å²) in [6.45, 7) is 0. The summed E-state index contributed by atoms with van der Waals surface area (Å²) < 4.78 is 20.7. The highest BCUT2D eigenvalue weighted by atomic mass is 33.1. The van der Waals surface area contributed by atoms with Crippen LogP contribution in [0, 0.1) is 0 Å². The fourth-order valence-electron chi connectivity index (χ4n) is 2.10. The molecule has 0 aliphatic rings. The molecule has 2 rings (SSSR count). The zero-order valence-electron chi connectivity index (χ0n) is 14.7. The lowest BCUT2D eigenvalue weighted by molar-refractivity contribution is 0.107. The molecule has 8 heteroatoms. The zero-order valence-corrected chi connectivity index (χ0v) is 16.4. The summed E-state index contributed by atoms with van der Waals surface area (Å²) >= 11 is 0. The summed E-state index contributed by atoms with van der Waals surface area (Å²) in [5, 5.41) is -0.519. The Kier molecular flexibility index (Phi) is 7.23. The van der Waals surface area contributed by atoms with Crippen LogP contribution < -0.4 is 18.9 Å². The minimum atomic E-state index is -0.259. The Bertz CT molecular complexity index is 739. The van der Waals surface area contributed by atoms with Crippen LogP contribution in [0.1, 0.15) is 20.7 Å². The topological polar surface area (TPSA) is 71.1 Å². The van der Waals surface area contributed by atoms with Crippen molar-refractivity contribution in [1.29, 1.82) is 0 Å². The van der Waals surface area contributed by atoms with Crippen LogP contribution in [0.2, 0.25) is 0 Å². The number of hydrogen-bond acceptors (Lipinski definition) is 8. The van der Waals surface area contributed by atoms with Gasteiger partial charge in [-0.1, -0.05) is 0 Å². The van der Waals surface area contributed by atoms with E-state index in [1.807, 2.05) is 0 Å². The molecule has 138 valence electrons. The van der Waals surface area contributed by atoms with E-state index >= 15 is 0 Å². The molecular formula is C18H18O6S2. The molecule has 0 amide bonds. The van der Waals surface area contributed by atoms with Gasteiger partial charge >= 0.3 is 0 Å². The Morgan fingerprint density at radius 2 is 0.962 bits per heavy atom. The summed E-state index contributed by atoms with van der Waals surface area (Å²) in [4.78, 5) is 24.6. The molecule has 0 radical (unpaired) electrons. The van der Waals surface area contributed by atoms with Gasteiger partial charge < -0.3 is 18.9 Å². The average molecular weight is 394 g/mol. The molecule has 0 aliphatic carbocycles. The fourth-order valence-corrected chi connectivity index (χ4v) is 3.73. The minimum Gasteiger partial charge on any atom is -0.493 e. The third-order valence-corrected chi connectivity index (χ3v) is 5.45. The standard InChI is InChI=1S/C18H18O6S2/c1-21-13-7-5-11(9-15(13)23-3)17(19)25-26-18(20)12-6-8-14(22-2)16(10-12)24-4/h5-10H,1-4H3.